The Labute approximate surface area is 122 Å². The number of hydrogen-bond acceptors (Lipinski definition) is 4. The van der Waals surface area contributed by atoms with Crippen molar-refractivity contribution in [2.75, 3.05) is 26.7 Å². The molecule has 1 saturated heterocycles. The summed E-state index contributed by atoms with van der Waals surface area (Å²) < 4.78 is 4.81. The van der Waals surface area contributed by atoms with Crippen LogP contribution in [0.25, 0.3) is 0 Å². The summed E-state index contributed by atoms with van der Waals surface area (Å²) in [7, 11) is 1.37. The zero-order chi connectivity index (χ0) is 15.3. The zero-order valence-corrected chi connectivity index (χ0v) is 13.4. The van der Waals surface area contributed by atoms with E-state index in [4.69, 9.17) is 4.74 Å². The van der Waals surface area contributed by atoms with Crippen molar-refractivity contribution in [3.05, 3.63) is 0 Å². The van der Waals surface area contributed by atoms with Gasteiger partial charge in [-0.25, -0.2) is 0 Å². The lowest BCUT2D eigenvalue weighted by atomic mass is 9.86. The van der Waals surface area contributed by atoms with Crippen LogP contribution in [0.5, 0.6) is 0 Å². The lowest BCUT2D eigenvalue weighted by Gasteiger charge is -2.33. The number of carbonyl (C=O) groups is 2. The minimum Gasteiger partial charge on any atom is -0.468 e. The molecule has 5 nitrogen and oxygen atoms in total. The number of likely N-dealkylation sites (tertiary alicyclic amines) is 1. The molecule has 116 valence electrons. The van der Waals surface area contributed by atoms with Crippen molar-refractivity contribution in [2.24, 2.45) is 11.3 Å². The van der Waals surface area contributed by atoms with Gasteiger partial charge in [0.15, 0.2) is 0 Å². The van der Waals surface area contributed by atoms with E-state index in [1.165, 1.54) is 13.5 Å². The van der Waals surface area contributed by atoms with Gasteiger partial charge in [-0.3, -0.25) is 14.9 Å². The van der Waals surface area contributed by atoms with Gasteiger partial charge < -0.3 is 9.64 Å². The molecule has 0 radical (unpaired) electrons. The average Bonchev–Trinajstić information content (AvgIpc) is 2.36. The molecular formula is C15H28N2O3. The molecule has 0 bridgehead atoms. The molecule has 1 amide bonds. The Hall–Kier alpha value is -1.10. The van der Waals surface area contributed by atoms with Gasteiger partial charge in [-0.1, -0.05) is 27.7 Å². The molecule has 1 aliphatic rings. The normalized spacial score (nSPS) is 21.4. The van der Waals surface area contributed by atoms with Gasteiger partial charge in [0.25, 0.3) is 0 Å². The Morgan fingerprint density at radius 1 is 1.40 bits per heavy atom. The number of esters is 1. The zero-order valence-electron chi connectivity index (χ0n) is 13.4. The number of nitrogens with one attached hydrogen (secondary N) is 1. The average molecular weight is 284 g/mol. The monoisotopic (exact) mass is 284 g/mol. The molecule has 5 heteroatoms. The highest BCUT2D eigenvalue weighted by molar-refractivity contribution is 5.81. The largest absolute Gasteiger partial charge is 0.468 e. The predicted octanol–water partition coefficient (Wildman–Crippen LogP) is 1.42. The summed E-state index contributed by atoms with van der Waals surface area (Å²) in [5, 5.41) is 3.06. The summed E-state index contributed by atoms with van der Waals surface area (Å²) in [6.45, 7) is 9.85. The molecule has 0 aromatic carbocycles. The molecule has 0 saturated carbocycles. The number of methoxy groups -OCH3 is 1. The lowest BCUT2D eigenvalue weighted by Crippen LogP contribution is -2.51. The number of hydrogen-bond donors (Lipinski definition) is 1. The van der Waals surface area contributed by atoms with Crippen LogP contribution >= 0.6 is 0 Å². The summed E-state index contributed by atoms with van der Waals surface area (Å²) in [5.74, 6) is 0.304. The molecule has 0 aromatic heterocycles. The Bertz CT molecular complexity index is 350. The Morgan fingerprint density at radius 2 is 2.05 bits per heavy atom. The van der Waals surface area contributed by atoms with Crippen LogP contribution in [0.2, 0.25) is 0 Å². The molecule has 1 heterocycles. The molecule has 0 unspecified atom stereocenters. The first-order chi connectivity index (χ1) is 9.25. The smallest absolute Gasteiger partial charge is 0.323 e. The molecule has 1 rings (SSSR count). The molecular weight excluding hydrogens is 256 g/mol. The first-order valence-electron chi connectivity index (χ1n) is 7.34. The van der Waals surface area contributed by atoms with E-state index in [0.29, 0.717) is 5.92 Å². The molecule has 1 fully saturated rings. The van der Waals surface area contributed by atoms with Crippen molar-refractivity contribution in [1.29, 1.82) is 0 Å². The van der Waals surface area contributed by atoms with Gasteiger partial charge >= 0.3 is 5.97 Å². The molecule has 0 spiro atoms. The first kappa shape index (κ1) is 17.0. The third kappa shape index (κ3) is 4.78. The second-order valence-electron chi connectivity index (χ2n) is 6.79. The predicted molar refractivity (Wildman–Crippen MR) is 78.2 cm³/mol. The Kier molecular flexibility index (Phi) is 5.99. The summed E-state index contributed by atoms with van der Waals surface area (Å²) in [5.41, 5.74) is -0.289. The van der Waals surface area contributed by atoms with E-state index in [-0.39, 0.29) is 23.8 Å². The second kappa shape index (κ2) is 7.07. The van der Waals surface area contributed by atoms with Crippen LogP contribution in [0, 0.1) is 11.3 Å². The second-order valence-corrected chi connectivity index (χ2v) is 6.79. The van der Waals surface area contributed by atoms with Crippen molar-refractivity contribution >= 4 is 11.9 Å². The van der Waals surface area contributed by atoms with Crippen molar-refractivity contribution < 1.29 is 14.3 Å². The fraction of sp³-hybridized carbons (Fsp3) is 0.867. The van der Waals surface area contributed by atoms with Gasteiger partial charge in [-0.15, -0.1) is 0 Å². The third-order valence-electron chi connectivity index (χ3n) is 3.77. The maximum Gasteiger partial charge on any atom is 0.323 e. The van der Waals surface area contributed by atoms with Crippen LogP contribution in [-0.2, 0) is 14.3 Å². The molecule has 20 heavy (non-hydrogen) atoms. The first-order valence-corrected chi connectivity index (χ1v) is 7.34. The van der Waals surface area contributed by atoms with Crippen molar-refractivity contribution in [3.8, 4) is 0 Å². The van der Waals surface area contributed by atoms with Crippen LogP contribution in [0.3, 0.4) is 0 Å². The SMILES string of the molecule is COC(=O)[C@@H](NCC(=O)N1CCC[C@@H](C)C1)C(C)(C)C. The summed E-state index contributed by atoms with van der Waals surface area (Å²) in [6.07, 6.45) is 2.25. The van der Waals surface area contributed by atoms with E-state index in [2.05, 4.69) is 12.2 Å². The maximum atomic E-state index is 12.2. The number of carbonyl (C=O) groups excluding carboxylic acids is 2. The van der Waals surface area contributed by atoms with Gasteiger partial charge in [-0.05, 0) is 24.2 Å². The van der Waals surface area contributed by atoms with E-state index in [9.17, 15) is 9.59 Å². The maximum absolute atomic E-state index is 12.2. The van der Waals surface area contributed by atoms with E-state index in [1.807, 2.05) is 25.7 Å². The van der Waals surface area contributed by atoms with E-state index in [1.54, 1.807) is 0 Å². The Balaban J connectivity index is 2.54. The van der Waals surface area contributed by atoms with Gasteiger partial charge in [0.1, 0.15) is 6.04 Å². The van der Waals surface area contributed by atoms with Gasteiger partial charge in [0.2, 0.25) is 5.91 Å². The highest BCUT2D eigenvalue weighted by Gasteiger charge is 2.33. The molecule has 1 aliphatic heterocycles. The lowest BCUT2D eigenvalue weighted by molar-refractivity contribution is -0.146. The van der Waals surface area contributed by atoms with Crippen molar-refractivity contribution in [1.82, 2.24) is 10.2 Å². The number of ether oxygens (including phenoxy) is 1. The third-order valence-corrected chi connectivity index (χ3v) is 3.77. The number of nitrogens with zero attached hydrogens (tertiary/aromatic N) is 1. The van der Waals surface area contributed by atoms with Crippen molar-refractivity contribution in [2.45, 2.75) is 46.6 Å². The van der Waals surface area contributed by atoms with Gasteiger partial charge in [0.05, 0.1) is 13.7 Å². The van der Waals surface area contributed by atoms with Gasteiger partial charge in [-0.2, -0.15) is 0 Å². The quantitative estimate of drug-likeness (QED) is 0.793. The summed E-state index contributed by atoms with van der Waals surface area (Å²) >= 11 is 0. The fourth-order valence-corrected chi connectivity index (χ4v) is 2.58. The summed E-state index contributed by atoms with van der Waals surface area (Å²) in [4.78, 5) is 25.9. The van der Waals surface area contributed by atoms with Crippen LogP contribution < -0.4 is 5.32 Å². The van der Waals surface area contributed by atoms with E-state index >= 15 is 0 Å². The standard InChI is InChI=1S/C15H28N2O3/c1-11-7-6-8-17(10-11)12(18)9-16-13(14(19)20-5)15(2,3)4/h11,13,16H,6-10H2,1-5H3/t11-,13-/m1/s1. The number of amides is 1. The van der Waals surface area contributed by atoms with E-state index in [0.717, 1.165) is 19.5 Å². The minimum atomic E-state index is -0.473. The van der Waals surface area contributed by atoms with Crippen LogP contribution in [0.4, 0.5) is 0 Å². The molecule has 0 aliphatic carbocycles. The van der Waals surface area contributed by atoms with Crippen LogP contribution in [0.15, 0.2) is 0 Å². The Morgan fingerprint density at radius 3 is 2.55 bits per heavy atom. The molecule has 1 N–H and O–H groups in total. The van der Waals surface area contributed by atoms with Crippen LogP contribution in [0.1, 0.15) is 40.5 Å². The number of rotatable bonds is 4. The molecule has 2 atom stereocenters. The highest BCUT2D eigenvalue weighted by Crippen LogP contribution is 2.20. The number of piperidine rings is 1. The van der Waals surface area contributed by atoms with Gasteiger partial charge in [0, 0.05) is 13.1 Å². The summed E-state index contributed by atoms with van der Waals surface area (Å²) in [6, 6.07) is -0.473. The molecule has 0 aromatic rings. The van der Waals surface area contributed by atoms with Crippen molar-refractivity contribution in [3.63, 3.8) is 0 Å². The minimum absolute atomic E-state index is 0.0645. The topological polar surface area (TPSA) is 58.6 Å². The van der Waals surface area contributed by atoms with E-state index < -0.39 is 6.04 Å². The van der Waals surface area contributed by atoms with Crippen LogP contribution in [-0.4, -0.2) is 49.6 Å². The fourth-order valence-electron chi connectivity index (χ4n) is 2.58. The highest BCUT2D eigenvalue weighted by atomic mass is 16.5.